The van der Waals surface area contributed by atoms with Gasteiger partial charge in [0.2, 0.25) is 11.8 Å². The monoisotopic (exact) mass is 338 g/mol. The van der Waals surface area contributed by atoms with E-state index < -0.39 is 6.10 Å². The van der Waals surface area contributed by atoms with E-state index in [2.05, 4.69) is 10.2 Å². The number of hydrogen-bond donors (Lipinski definition) is 0. The summed E-state index contributed by atoms with van der Waals surface area (Å²) >= 11 is 5.96. The minimum absolute atomic E-state index is 0.0868. The summed E-state index contributed by atoms with van der Waals surface area (Å²) in [5.41, 5.74) is 0.545. The topological polar surface area (TPSA) is 73.4 Å². The van der Waals surface area contributed by atoms with Gasteiger partial charge in [-0.15, -0.1) is 10.2 Å². The first-order valence-corrected chi connectivity index (χ1v) is 7.89. The number of aryl methyl sites for hydroxylation is 1. The minimum Gasteiger partial charge on any atom is -0.422 e. The van der Waals surface area contributed by atoms with Crippen LogP contribution >= 0.6 is 11.6 Å². The van der Waals surface area contributed by atoms with Crippen LogP contribution in [0.4, 0.5) is 0 Å². The highest BCUT2D eigenvalue weighted by molar-refractivity contribution is 6.31. The van der Waals surface area contributed by atoms with Crippen molar-refractivity contribution in [3.8, 4) is 0 Å². The van der Waals surface area contributed by atoms with Gasteiger partial charge in [0.15, 0.2) is 6.10 Å². The Bertz CT molecular complexity index is 709. The van der Waals surface area contributed by atoms with E-state index in [0.717, 1.165) is 0 Å². The SMILES string of the molecule is CC(C)c1nnc([C@H]2CN(C(=O)c3cc(Cl)cn3C)CCO2)o1. The number of halogens is 1. The quantitative estimate of drug-likeness (QED) is 0.859. The molecule has 0 N–H and O–H groups in total. The Balaban J connectivity index is 1.75. The van der Waals surface area contributed by atoms with E-state index in [9.17, 15) is 4.79 Å². The number of carbonyl (C=O) groups excluding carboxylic acids is 1. The Morgan fingerprint density at radius 2 is 2.22 bits per heavy atom. The third-order valence-corrected chi connectivity index (χ3v) is 3.98. The van der Waals surface area contributed by atoms with Gasteiger partial charge in [0, 0.05) is 25.7 Å². The summed E-state index contributed by atoms with van der Waals surface area (Å²) in [5.74, 6) is 1.05. The predicted molar refractivity (Wildman–Crippen MR) is 83.4 cm³/mol. The average molecular weight is 339 g/mol. The lowest BCUT2D eigenvalue weighted by molar-refractivity contribution is -0.0353. The number of aromatic nitrogens is 3. The molecule has 0 radical (unpaired) electrons. The third kappa shape index (κ3) is 3.25. The van der Waals surface area contributed by atoms with Crippen molar-refractivity contribution >= 4 is 17.5 Å². The molecule has 1 atom stereocenters. The molecule has 1 amide bonds. The molecule has 2 aromatic rings. The lowest BCUT2D eigenvalue weighted by Crippen LogP contribution is -2.42. The Labute approximate surface area is 139 Å². The zero-order valence-corrected chi connectivity index (χ0v) is 14.1. The Hall–Kier alpha value is -1.86. The predicted octanol–water partition coefficient (Wildman–Crippen LogP) is 2.40. The van der Waals surface area contributed by atoms with Gasteiger partial charge >= 0.3 is 0 Å². The van der Waals surface area contributed by atoms with E-state index in [0.29, 0.717) is 42.2 Å². The number of amides is 1. The number of rotatable bonds is 3. The third-order valence-electron chi connectivity index (χ3n) is 3.77. The molecule has 7 nitrogen and oxygen atoms in total. The Morgan fingerprint density at radius 3 is 2.83 bits per heavy atom. The molecule has 1 fully saturated rings. The van der Waals surface area contributed by atoms with E-state index in [1.807, 2.05) is 13.8 Å². The number of ether oxygens (including phenoxy) is 1. The molecule has 1 aliphatic heterocycles. The van der Waals surface area contributed by atoms with Crippen LogP contribution in [0.15, 0.2) is 16.7 Å². The van der Waals surface area contributed by atoms with Gasteiger partial charge in [0.25, 0.3) is 5.91 Å². The lowest BCUT2D eigenvalue weighted by atomic mass is 10.2. The average Bonchev–Trinajstić information content (AvgIpc) is 3.13. The fourth-order valence-corrected chi connectivity index (χ4v) is 2.74. The second-order valence-corrected chi connectivity index (χ2v) is 6.33. The molecule has 2 aromatic heterocycles. The maximum Gasteiger partial charge on any atom is 0.270 e. The molecular formula is C15H19ClN4O3. The summed E-state index contributed by atoms with van der Waals surface area (Å²) in [6.45, 7) is 5.28. The summed E-state index contributed by atoms with van der Waals surface area (Å²) in [7, 11) is 1.80. The van der Waals surface area contributed by atoms with Crippen LogP contribution < -0.4 is 0 Å². The van der Waals surface area contributed by atoms with Gasteiger partial charge in [-0.3, -0.25) is 4.79 Å². The zero-order chi connectivity index (χ0) is 16.6. The summed E-state index contributed by atoms with van der Waals surface area (Å²) in [6, 6.07) is 1.66. The summed E-state index contributed by atoms with van der Waals surface area (Å²) in [4.78, 5) is 14.4. The van der Waals surface area contributed by atoms with Gasteiger partial charge in [0.05, 0.1) is 18.2 Å². The molecule has 23 heavy (non-hydrogen) atoms. The fourth-order valence-electron chi connectivity index (χ4n) is 2.49. The number of hydrogen-bond acceptors (Lipinski definition) is 5. The first kappa shape index (κ1) is 16.0. The van der Waals surface area contributed by atoms with Gasteiger partial charge in [0.1, 0.15) is 5.69 Å². The second kappa shape index (κ2) is 6.33. The van der Waals surface area contributed by atoms with Crippen LogP contribution in [-0.4, -0.2) is 45.3 Å². The molecule has 0 bridgehead atoms. The minimum atomic E-state index is -0.400. The van der Waals surface area contributed by atoms with Gasteiger partial charge < -0.3 is 18.6 Å². The Kier molecular flexibility index (Phi) is 4.41. The normalized spacial score (nSPS) is 18.7. The van der Waals surface area contributed by atoms with E-state index in [4.69, 9.17) is 20.8 Å². The van der Waals surface area contributed by atoms with Crippen molar-refractivity contribution < 1.29 is 13.9 Å². The van der Waals surface area contributed by atoms with Crippen molar-refractivity contribution in [2.75, 3.05) is 19.7 Å². The molecule has 124 valence electrons. The first-order valence-electron chi connectivity index (χ1n) is 7.51. The molecule has 0 spiro atoms. The van der Waals surface area contributed by atoms with Crippen LogP contribution in [0, 0.1) is 0 Å². The van der Waals surface area contributed by atoms with Crippen LogP contribution in [0.5, 0.6) is 0 Å². The van der Waals surface area contributed by atoms with Gasteiger partial charge in [-0.05, 0) is 6.07 Å². The van der Waals surface area contributed by atoms with Crippen LogP contribution in [0.25, 0.3) is 0 Å². The van der Waals surface area contributed by atoms with Crippen LogP contribution in [0.1, 0.15) is 48.1 Å². The van der Waals surface area contributed by atoms with Gasteiger partial charge in [-0.25, -0.2) is 0 Å². The molecular weight excluding hydrogens is 320 g/mol. The van der Waals surface area contributed by atoms with Crippen molar-refractivity contribution in [1.29, 1.82) is 0 Å². The molecule has 1 saturated heterocycles. The second-order valence-electron chi connectivity index (χ2n) is 5.90. The number of carbonyl (C=O) groups is 1. The van der Waals surface area contributed by atoms with E-state index in [-0.39, 0.29) is 11.8 Å². The molecule has 0 unspecified atom stereocenters. The van der Waals surface area contributed by atoms with Crippen LogP contribution in [0.2, 0.25) is 5.02 Å². The molecule has 3 heterocycles. The van der Waals surface area contributed by atoms with Crippen LogP contribution in [0.3, 0.4) is 0 Å². The number of nitrogens with zero attached hydrogens (tertiary/aromatic N) is 4. The fraction of sp³-hybridized carbons (Fsp3) is 0.533. The maximum absolute atomic E-state index is 12.6. The maximum atomic E-state index is 12.6. The smallest absolute Gasteiger partial charge is 0.270 e. The highest BCUT2D eigenvalue weighted by Gasteiger charge is 2.30. The van der Waals surface area contributed by atoms with Crippen molar-refractivity contribution in [1.82, 2.24) is 19.7 Å². The summed E-state index contributed by atoms with van der Waals surface area (Å²) < 4.78 is 13.0. The zero-order valence-electron chi connectivity index (χ0n) is 13.3. The molecule has 0 saturated carbocycles. The van der Waals surface area contributed by atoms with Crippen molar-refractivity contribution in [2.45, 2.75) is 25.9 Å². The van der Waals surface area contributed by atoms with Gasteiger partial charge in [-0.2, -0.15) is 0 Å². The molecule has 3 rings (SSSR count). The Morgan fingerprint density at radius 1 is 1.43 bits per heavy atom. The molecule has 8 heteroatoms. The van der Waals surface area contributed by atoms with Gasteiger partial charge in [-0.1, -0.05) is 25.4 Å². The van der Waals surface area contributed by atoms with E-state index in [1.54, 1.807) is 28.8 Å². The van der Waals surface area contributed by atoms with Crippen LogP contribution in [-0.2, 0) is 11.8 Å². The first-order chi connectivity index (χ1) is 11.0. The molecule has 1 aliphatic rings. The van der Waals surface area contributed by atoms with Crippen molar-refractivity contribution in [3.63, 3.8) is 0 Å². The standard InChI is InChI=1S/C15H19ClN4O3/c1-9(2)13-17-18-14(23-13)12-8-20(4-5-22-12)15(21)11-6-10(16)7-19(11)3/h6-7,9,12H,4-5,8H2,1-3H3/t12-/m1/s1. The summed E-state index contributed by atoms with van der Waals surface area (Å²) in [6.07, 6.45) is 1.31. The van der Waals surface area contributed by atoms with E-state index >= 15 is 0 Å². The number of morpholine rings is 1. The van der Waals surface area contributed by atoms with E-state index in [1.165, 1.54) is 0 Å². The highest BCUT2D eigenvalue weighted by atomic mass is 35.5. The highest BCUT2D eigenvalue weighted by Crippen LogP contribution is 2.25. The summed E-state index contributed by atoms with van der Waals surface area (Å²) in [5, 5.41) is 8.60. The van der Waals surface area contributed by atoms with Crippen molar-refractivity contribution in [2.24, 2.45) is 7.05 Å². The molecule has 0 aliphatic carbocycles. The largest absolute Gasteiger partial charge is 0.422 e. The molecule has 0 aromatic carbocycles. The van der Waals surface area contributed by atoms with Crippen molar-refractivity contribution in [3.05, 3.63) is 34.8 Å². The lowest BCUT2D eigenvalue weighted by Gasteiger charge is -2.31.